The quantitative estimate of drug-likeness (QED) is 0.523. The highest BCUT2D eigenvalue weighted by Gasteiger charge is 2.21. The van der Waals surface area contributed by atoms with Gasteiger partial charge in [-0.3, -0.25) is 19.2 Å². The van der Waals surface area contributed by atoms with Gasteiger partial charge in [0.1, 0.15) is 6.54 Å². The lowest BCUT2D eigenvalue weighted by Gasteiger charge is -2.19. The lowest BCUT2D eigenvalue weighted by atomic mass is 10.0. The summed E-state index contributed by atoms with van der Waals surface area (Å²) in [5, 5.41) is 2.94. The first-order valence-electron chi connectivity index (χ1n) is 10.1. The van der Waals surface area contributed by atoms with E-state index in [1.807, 2.05) is 0 Å². The van der Waals surface area contributed by atoms with Crippen LogP contribution in [0.3, 0.4) is 0 Å². The maximum absolute atomic E-state index is 12.8. The van der Waals surface area contributed by atoms with Crippen LogP contribution in [0.2, 0.25) is 5.02 Å². The molecule has 1 saturated heterocycles. The van der Waals surface area contributed by atoms with Crippen LogP contribution in [0.5, 0.6) is 0 Å². The van der Waals surface area contributed by atoms with Crippen LogP contribution >= 0.6 is 11.6 Å². The molecule has 0 bridgehead atoms. The fourth-order valence-electron chi connectivity index (χ4n) is 3.30. The zero-order chi connectivity index (χ0) is 22.2. The van der Waals surface area contributed by atoms with E-state index < -0.39 is 18.5 Å². The lowest BCUT2D eigenvalue weighted by molar-refractivity contribution is -0.151. The molecule has 1 N–H and O–H groups in total. The standard InChI is InChI=1S/C23H23ClN2O5/c24-17-10-11-19(18(13-17)23(30)16-7-3-1-4-8-16)25-20(27)15-31-22(29)14-26-12-6-2-5-9-21(26)28/h1,3-4,7-8,10-11,13H,2,5-6,9,12,14-15H2,(H,25,27). The molecule has 2 aromatic carbocycles. The molecule has 2 amide bonds. The molecule has 0 saturated carbocycles. The minimum Gasteiger partial charge on any atom is -0.454 e. The molecule has 162 valence electrons. The number of likely N-dealkylation sites (tertiary alicyclic amines) is 1. The van der Waals surface area contributed by atoms with Gasteiger partial charge in [-0.25, -0.2) is 0 Å². The van der Waals surface area contributed by atoms with Gasteiger partial charge in [-0.05, 0) is 31.0 Å². The van der Waals surface area contributed by atoms with E-state index in [2.05, 4.69) is 5.32 Å². The van der Waals surface area contributed by atoms with Crippen molar-refractivity contribution in [1.82, 2.24) is 4.90 Å². The van der Waals surface area contributed by atoms with Crippen LogP contribution in [-0.4, -0.2) is 48.2 Å². The first-order valence-corrected chi connectivity index (χ1v) is 10.4. The number of benzene rings is 2. The number of halogens is 1. The highest BCUT2D eigenvalue weighted by molar-refractivity contribution is 6.31. The summed E-state index contributed by atoms with van der Waals surface area (Å²) in [7, 11) is 0. The van der Waals surface area contributed by atoms with Crippen molar-refractivity contribution in [1.29, 1.82) is 0 Å². The van der Waals surface area contributed by atoms with Gasteiger partial charge in [0.2, 0.25) is 5.91 Å². The predicted octanol–water partition coefficient (Wildman–Crippen LogP) is 3.46. The molecule has 1 aliphatic rings. The molecule has 31 heavy (non-hydrogen) atoms. The lowest BCUT2D eigenvalue weighted by Crippen LogP contribution is -2.36. The minimum atomic E-state index is -0.651. The van der Waals surface area contributed by atoms with Crippen molar-refractivity contribution in [3.05, 3.63) is 64.7 Å². The third-order valence-corrected chi connectivity index (χ3v) is 5.13. The van der Waals surface area contributed by atoms with E-state index >= 15 is 0 Å². The number of carbonyl (C=O) groups excluding carboxylic acids is 4. The summed E-state index contributed by atoms with van der Waals surface area (Å²) in [6, 6.07) is 13.2. The number of ether oxygens (including phenoxy) is 1. The second kappa shape index (κ2) is 10.7. The third-order valence-electron chi connectivity index (χ3n) is 4.89. The van der Waals surface area contributed by atoms with Gasteiger partial charge < -0.3 is 15.0 Å². The molecule has 2 aromatic rings. The maximum Gasteiger partial charge on any atom is 0.326 e. The van der Waals surface area contributed by atoms with Crippen LogP contribution in [0.1, 0.15) is 41.6 Å². The van der Waals surface area contributed by atoms with Crippen molar-refractivity contribution < 1.29 is 23.9 Å². The Bertz CT molecular complexity index is 977. The van der Waals surface area contributed by atoms with E-state index in [9.17, 15) is 19.2 Å². The Kier molecular flexibility index (Phi) is 7.78. The number of nitrogens with zero attached hydrogens (tertiary/aromatic N) is 1. The van der Waals surface area contributed by atoms with Crippen LogP contribution in [-0.2, 0) is 19.1 Å². The molecule has 3 rings (SSSR count). The number of ketones is 1. The van der Waals surface area contributed by atoms with Crippen LogP contribution in [0.25, 0.3) is 0 Å². The van der Waals surface area contributed by atoms with Crippen molar-refractivity contribution in [3.63, 3.8) is 0 Å². The first-order chi connectivity index (χ1) is 14.9. The molecule has 0 spiro atoms. The van der Waals surface area contributed by atoms with E-state index in [0.717, 1.165) is 19.3 Å². The molecular formula is C23H23ClN2O5. The summed E-state index contributed by atoms with van der Waals surface area (Å²) >= 11 is 6.04. The normalized spacial score (nSPS) is 14.0. The Morgan fingerprint density at radius 2 is 1.81 bits per heavy atom. The number of rotatable bonds is 7. The summed E-state index contributed by atoms with van der Waals surface area (Å²) in [6.07, 6.45) is 3.03. The van der Waals surface area contributed by atoms with E-state index in [1.165, 1.54) is 17.0 Å². The van der Waals surface area contributed by atoms with Crippen molar-refractivity contribution in [3.8, 4) is 0 Å². The van der Waals surface area contributed by atoms with E-state index in [4.69, 9.17) is 16.3 Å². The number of nitrogens with one attached hydrogen (secondary N) is 1. The fourth-order valence-corrected chi connectivity index (χ4v) is 3.47. The van der Waals surface area contributed by atoms with Gasteiger partial charge in [0.15, 0.2) is 12.4 Å². The van der Waals surface area contributed by atoms with Gasteiger partial charge in [-0.2, -0.15) is 0 Å². The largest absolute Gasteiger partial charge is 0.454 e. The molecule has 7 nitrogen and oxygen atoms in total. The Balaban J connectivity index is 1.60. The summed E-state index contributed by atoms with van der Waals surface area (Å²) in [6.45, 7) is -0.191. The molecular weight excluding hydrogens is 420 g/mol. The topological polar surface area (TPSA) is 92.8 Å². The minimum absolute atomic E-state index is 0.0795. The van der Waals surface area contributed by atoms with Crippen molar-refractivity contribution in [2.24, 2.45) is 0 Å². The SMILES string of the molecule is O=C(COC(=O)CN1CCCCCC1=O)Nc1ccc(Cl)cc1C(=O)c1ccccc1. The van der Waals surface area contributed by atoms with Gasteiger partial charge in [-0.1, -0.05) is 48.4 Å². The van der Waals surface area contributed by atoms with Crippen LogP contribution < -0.4 is 5.32 Å². The number of anilines is 1. The molecule has 1 fully saturated rings. The monoisotopic (exact) mass is 442 g/mol. The molecule has 0 radical (unpaired) electrons. The van der Waals surface area contributed by atoms with Crippen molar-refractivity contribution >= 4 is 40.9 Å². The zero-order valence-electron chi connectivity index (χ0n) is 16.9. The van der Waals surface area contributed by atoms with E-state index in [0.29, 0.717) is 23.6 Å². The Morgan fingerprint density at radius 3 is 2.58 bits per heavy atom. The highest BCUT2D eigenvalue weighted by atomic mass is 35.5. The molecule has 0 atom stereocenters. The Morgan fingerprint density at radius 1 is 1.03 bits per heavy atom. The van der Waals surface area contributed by atoms with Crippen LogP contribution in [0, 0.1) is 0 Å². The molecule has 0 aromatic heterocycles. The third kappa shape index (κ3) is 6.39. The van der Waals surface area contributed by atoms with Crippen molar-refractivity contribution in [2.75, 3.05) is 25.0 Å². The van der Waals surface area contributed by atoms with Gasteiger partial charge in [0.25, 0.3) is 5.91 Å². The average Bonchev–Trinajstić information content (AvgIpc) is 2.97. The van der Waals surface area contributed by atoms with E-state index in [-0.39, 0.29) is 29.5 Å². The average molecular weight is 443 g/mol. The second-order valence-electron chi connectivity index (χ2n) is 7.22. The van der Waals surface area contributed by atoms with Gasteiger partial charge >= 0.3 is 5.97 Å². The van der Waals surface area contributed by atoms with Gasteiger partial charge in [0, 0.05) is 29.1 Å². The Labute approximate surface area is 185 Å². The Hall–Kier alpha value is -3.19. The summed E-state index contributed by atoms with van der Waals surface area (Å²) in [4.78, 5) is 50.6. The highest BCUT2D eigenvalue weighted by Crippen LogP contribution is 2.23. The maximum atomic E-state index is 12.8. The predicted molar refractivity (Wildman–Crippen MR) is 116 cm³/mol. The second-order valence-corrected chi connectivity index (χ2v) is 7.66. The summed E-state index contributed by atoms with van der Waals surface area (Å²) < 4.78 is 5.02. The molecule has 8 heteroatoms. The van der Waals surface area contributed by atoms with Crippen LogP contribution in [0.15, 0.2) is 48.5 Å². The number of esters is 1. The van der Waals surface area contributed by atoms with Crippen LogP contribution in [0.4, 0.5) is 5.69 Å². The number of amides is 2. The number of hydrogen-bond donors (Lipinski definition) is 1. The van der Waals surface area contributed by atoms with Crippen molar-refractivity contribution in [2.45, 2.75) is 25.7 Å². The van der Waals surface area contributed by atoms with E-state index in [1.54, 1.807) is 36.4 Å². The molecule has 0 unspecified atom stereocenters. The zero-order valence-corrected chi connectivity index (χ0v) is 17.7. The fraction of sp³-hybridized carbons (Fsp3) is 0.304. The van der Waals surface area contributed by atoms with Gasteiger partial charge in [-0.15, -0.1) is 0 Å². The summed E-state index contributed by atoms with van der Waals surface area (Å²) in [5.74, 6) is -1.62. The van der Waals surface area contributed by atoms with Gasteiger partial charge in [0.05, 0.1) is 5.69 Å². The molecule has 0 aliphatic carbocycles. The molecule has 1 heterocycles. The first kappa shape index (κ1) is 22.5. The summed E-state index contributed by atoms with van der Waals surface area (Å²) in [5.41, 5.74) is 0.948. The number of hydrogen-bond acceptors (Lipinski definition) is 5. The smallest absolute Gasteiger partial charge is 0.326 e. The molecule has 1 aliphatic heterocycles. The number of carbonyl (C=O) groups is 4.